The average molecular weight is 448 g/mol. The van der Waals surface area contributed by atoms with E-state index in [0.717, 1.165) is 38.5 Å². The van der Waals surface area contributed by atoms with Gasteiger partial charge in [-0.3, -0.25) is 4.79 Å². The van der Waals surface area contributed by atoms with Gasteiger partial charge in [-0.25, -0.2) is 0 Å². The fourth-order valence-corrected chi connectivity index (χ4v) is 7.52. The Labute approximate surface area is 197 Å². The van der Waals surface area contributed by atoms with Gasteiger partial charge in [-0.1, -0.05) is 36.8 Å². The van der Waals surface area contributed by atoms with Crippen LogP contribution in [0.3, 0.4) is 0 Å². The number of carbonyl (C=O) groups is 1. The predicted octanol–water partition coefficient (Wildman–Crippen LogP) is 4.93. The van der Waals surface area contributed by atoms with Gasteiger partial charge in [-0.2, -0.15) is 0 Å². The summed E-state index contributed by atoms with van der Waals surface area (Å²) in [5.74, 6) is 1.38. The van der Waals surface area contributed by atoms with E-state index in [1.165, 1.54) is 22.4 Å². The minimum Gasteiger partial charge on any atom is -0.392 e. The van der Waals surface area contributed by atoms with Crippen molar-refractivity contribution in [3.63, 3.8) is 0 Å². The molecule has 4 heteroatoms. The average Bonchev–Trinajstić information content (AvgIpc) is 3.07. The number of ketones is 1. The summed E-state index contributed by atoms with van der Waals surface area (Å²) in [6.45, 7) is 2.24. The minimum atomic E-state index is -0.892. The van der Waals surface area contributed by atoms with E-state index in [1.807, 2.05) is 12.2 Å². The van der Waals surface area contributed by atoms with Crippen molar-refractivity contribution in [2.24, 2.45) is 17.3 Å². The van der Waals surface area contributed by atoms with E-state index < -0.39 is 5.60 Å². The maximum absolute atomic E-state index is 12.2. The van der Waals surface area contributed by atoms with Crippen LogP contribution in [0.4, 0.5) is 5.69 Å². The van der Waals surface area contributed by atoms with Gasteiger partial charge in [-0.15, -0.1) is 0 Å². The number of hydrogen-bond donors (Lipinski definition) is 2. The van der Waals surface area contributed by atoms with Gasteiger partial charge in [0.1, 0.15) is 0 Å². The Hall–Kier alpha value is -2.17. The molecule has 0 saturated heterocycles. The van der Waals surface area contributed by atoms with Crippen LogP contribution in [0.15, 0.2) is 59.2 Å². The third-order valence-electron chi connectivity index (χ3n) is 9.26. The lowest BCUT2D eigenvalue weighted by Crippen LogP contribution is -2.50. The molecule has 5 atom stereocenters. The summed E-state index contributed by atoms with van der Waals surface area (Å²) in [7, 11) is 4.12. The number of anilines is 1. The first-order valence-electron chi connectivity index (χ1n) is 12.5. The molecule has 0 bridgehead atoms. The van der Waals surface area contributed by atoms with Crippen LogP contribution in [0.2, 0.25) is 0 Å². The molecular formula is C29H37NO3. The molecule has 2 N–H and O–H groups in total. The highest BCUT2D eigenvalue weighted by molar-refractivity contribution is 5.93. The van der Waals surface area contributed by atoms with Crippen LogP contribution in [-0.4, -0.2) is 42.3 Å². The van der Waals surface area contributed by atoms with Gasteiger partial charge in [0.2, 0.25) is 0 Å². The SMILES string of the molecule is CN(C)c1ccc(C2CC3(C)C(CCC3(O)C=CCO)C3CCC4=CC(=O)CCC4=C23)cc1. The smallest absolute Gasteiger partial charge is 0.156 e. The number of benzene rings is 1. The van der Waals surface area contributed by atoms with E-state index in [4.69, 9.17) is 0 Å². The first-order valence-corrected chi connectivity index (χ1v) is 12.5. The Kier molecular flexibility index (Phi) is 5.65. The van der Waals surface area contributed by atoms with Crippen molar-refractivity contribution in [2.75, 3.05) is 25.6 Å². The van der Waals surface area contributed by atoms with E-state index in [2.05, 4.69) is 50.2 Å². The summed E-state index contributed by atoms with van der Waals surface area (Å²) in [4.78, 5) is 14.3. The molecule has 1 aromatic carbocycles. The van der Waals surface area contributed by atoms with Gasteiger partial charge >= 0.3 is 0 Å². The molecule has 1 aromatic rings. The van der Waals surface area contributed by atoms with Crippen molar-refractivity contribution in [3.8, 4) is 0 Å². The Bertz CT molecular complexity index is 1030. The summed E-state index contributed by atoms with van der Waals surface area (Å²) in [5, 5.41) is 21.3. The number of aliphatic hydroxyl groups is 2. The van der Waals surface area contributed by atoms with Crippen LogP contribution < -0.4 is 4.90 Å². The van der Waals surface area contributed by atoms with E-state index in [0.29, 0.717) is 18.3 Å². The number of allylic oxidation sites excluding steroid dienone is 4. The quantitative estimate of drug-likeness (QED) is 0.643. The van der Waals surface area contributed by atoms with Gasteiger partial charge in [0.15, 0.2) is 5.78 Å². The number of carbonyl (C=O) groups excluding carboxylic acids is 1. The standard InChI is InChI=1S/C29H37NO3/c1-28-18-25(19-5-8-21(9-6-19)30(2)3)27-23-12-10-22(32)17-20(23)7-11-24(27)26(28)13-15-29(28,33)14-4-16-31/h4-6,8-9,14,17,24-26,31,33H,7,10-13,15-16,18H2,1-3H3. The maximum atomic E-state index is 12.2. The van der Waals surface area contributed by atoms with Crippen molar-refractivity contribution in [2.45, 2.75) is 63.4 Å². The molecule has 5 rings (SSSR count). The molecule has 0 heterocycles. The summed E-state index contributed by atoms with van der Waals surface area (Å²) >= 11 is 0. The fraction of sp³-hybridized carbons (Fsp3) is 0.552. The summed E-state index contributed by atoms with van der Waals surface area (Å²) in [6, 6.07) is 8.91. The summed E-state index contributed by atoms with van der Waals surface area (Å²) in [6.07, 6.45) is 11.7. The molecule has 0 aliphatic heterocycles. The number of aliphatic hydroxyl groups excluding tert-OH is 1. The number of rotatable bonds is 4. The van der Waals surface area contributed by atoms with Crippen molar-refractivity contribution < 1.29 is 15.0 Å². The topological polar surface area (TPSA) is 60.8 Å². The minimum absolute atomic E-state index is 0.0423. The van der Waals surface area contributed by atoms with Crippen LogP contribution in [0.5, 0.6) is 0 Å². The number of nitrogens with zero attached hydrogens (tertiary/aromatic N) is 1. The van der Waals surface area contributed by atoms with Gasteiger partial charge in [0, 0.05) is 37.5 Å². The van der Waals surface area contributed by atoms with E-state index in [-0.39, 0.29) is 23.7 Å². The highest BCUT2D eigenvalue weighted by Crippen LogP contribution is 2.67. The van der Waals surface area contributed by atoms with Crippen LogP contribution in [0.1, 0.15) is 63.4 Å². The normalized spacial score (nSPS) is 35.8. The molecule has 4 aliphatic rings. The molecule has 4 aliphatic carbocycles. The molecule has 176 valence electrons. The molecule has 0 amide bonds. The molecule has 4 nitrogen and oxygen atoms in total. The molecule has 2 fully saturated rings. The lowest BCUT2D eigenvalue weighted by molar-refractivity contribution is -0.114. The molecule has 0 aromatic heterocycles. The van der Waals surface area contributed by atoms with Crippen LogP contribution in [0, 0.1) is 17.3 Å². The Morgan fingerprint density at radius 3 is 2.58 bits per heavy atom. The largest absolute Gasteiger partial charge is 0.392 e. The summed E-state index contributed by atoms with van der Waals surface area (Å²) < 4.78 is 0. The van der Waals surface area contributed by atoms with Crippen molar-refractivity contribution in [1.29, 1.82) is 0 Å². The molecule has 0 spiro atoms. The second kappa shape index (κ2) is 8.25. The third-order valence-corrected chi connectivity index (χ3v) is 9.26. The van der Waals surface area contributed by atoms with Gasteiger partial charge < -0.3 is 15.1 Å². The summed E-state index contributed by atoms with van der Waals surface area (Å²) in [5.41, 5.74) is 5.62. The zero-order chi connectivity index (χ0) is 23.4. The zero-order valence-corrected chi connectivity index (χ0v) is 20.2. The van der Waals surface area contributed by atoms with Gasteiger partial charge in [0.05, 0.1) is 12.2 Å². The second-order valence-corrected chi connectivity index (χ2v) is 11.0. The van der Waals surface area contributed by atoms with Crippen LogP contribution >= 0.6 is 0 Å². The lowest BCUT2D eigenvalue weighted by Gasteiger charge is -2.54. The predicted molar refractivity (Wildman–Crippen MR) is 132 cm³/mol. The molecule has 5 unspecified atom stereocenters. The Morgan fingerprint density at radius 2 is 1.88 bits per heavy atom. The van der Waals surface area contributed by atoms with Gasteiger partial charge in [0.25, 0.3) is 0 Å². The van der Waals surface area contributed by atoms with E-state index in [9.17, 15) is 15.0 Å². The zero-order valence-electron chi connectivity index (χ0n) is 20.2. The van der Waals surface area contributed by atoms with Gasteiger partial charge in [-0.05, 0) is 85.3 Å². The first-order chi connectivity index (χ1) is 15.8. The molecular weight excluding hydrogens is 410 g/mol. The van der Waals surface area contributed by atoms with Crippen LogP contribution in [0.25, 0.3) is 0 Å². The molecule has 2 saturated carbocycles. The van der Waals surface area contributed by atoms with E-state index in [1.54, 1.807) is 11.6 Å². The Balaban J connectivity index is 1.65. The molecule has 33 heavy (non-hydrogen) atoms. The second-order valence-electron chi connectivity index (χ2n) is 11.0. The number of hydrogen-bond acceptors (Lipinski definition) is 4. The maximum Gasteiger partial charge on any atom is 0.156 e. The Morgan fingerprint density at radius 1 is 1.12 bits per heavy atom. The van der Waals surface area contributed by atoms with E-state index >= 15 is 0 Å². The highest BCUT2D eigenvalue weighted by atomic mass is 16.3. The van der Waals surface area contributed by atoms with Crippen molar-refractivity contribution in [3.05, 3.63) is 64.8 Å². The highest BCUT2D eigenvalue weighted by Gasteiger charge is 2.61. The lowest BCUT2D eigenvalue weighted by atomic mass is 9.51. The van der Waals surface area contributed by atoms with Crippen molar-refractivity contribution in [1.82, 2.24) is 0 Å². The van der Waals surface area contributed by atoms with Crippen molar-refractivity contribution >= 4 is 11.5 Å². The first kappa shape index (κ1) is 22.6. The van der Waals surface area contributed by atoms with Crippen LogP contribution in [-0.2, 0) is 4.79 Å². The number of fused-ring (bicyclic) bond motifs is 4. The monoisotopic (exact) mass is 447 g/mol. The third kappa shape index (κ3) is 3.54. The fourth-order valence-electron chi connectivity index (χ4n) is 7.52. The molecule has 0 radical (unpaired) electrons.